The summed E-state index contributed by atoms with van der Waals surface area (Å²) >= 11 is 6.00. The monoisotopic (exact) mass is 589 g/mol. The van der Waals surface area contributed by atoms with Crippen LogP contribution in [0.2, 0.25) is 5.02 Å². The Labute approximate surface area is 254 Å². The van der Waals surface area contributed by atoms with Gasteiger partial charge in [0.2, 0.25) is 5.91 Å². The highest BCUT2D eigenvalue weighted by molar-refractivity contribution is 6.30. The van der Waals surface area contributed by atoms with Crippen LogP contribution < -0.4 is 21.1 Å². The first-order chi connectivity index (χ1) is 20.9. The zero-order chi connectivity index (χ0) is 30.2. The van der Waals surface area contributed by atoms with Crippen molar-refractivity contribution in [1.29, 1.82) is 0 Å². The SMILES string of the molecule is NC(=O)c1cccc(NC(=O)[C@@H](NC(=O)c2ccc(-c3ccc(Cl)cc3)cc2)c2ccc(OCc3ccccc3)cc2)c1. The molecule has 0 unspecified atom stereocenters. The Hall–Kier alpha value is -5.40. The lowest BCUT2D eigenvalue weighted by atomic mass is 10.0. The van der Waals surface area contributed by atoms with Crippen molar-refractivity contribution in [2.75, 3.05) is 5.32 Å². The Morgan fingerprint density at radius 2 is 1.37 bits per heavy atom. The number of carbonyl (C=O) groups is 3. The standard InChI is InChI=1S/C35H28ClN3O4/c36-29-17-13-25(14-18-29)24-9-11-27(12-10-24)34(41)39-32(35(42)38-30-8-4-7-28(21-30)33(37)40)26-15-19-31(20-16-26)43-22-23-5-2-1-3-6-23/h1-21,32H,22H2,(H2,37,40)(H,38,42)(H,39,41)/t32-/m0/s1. The molecule has 5 aromatic carbocycles. The molecular formula is C35H28ClN3O4. The molecular weight excluding hydrogens is 562 g/mol. The van der Waals surface area contributed by atoms with Crippen LogP contribution in [0.5, 0.6) is 5.75 Å². The number of primary amides is 1. The molecule has 0 saturated heterocycles. The number of anilines is 1. The van der Waals surface area contributed by atoms with Crippen molar-refractivity contribution in [1.82, 2.24) is 5.32 Å². The summed E-state index contributed by atoms with van der Waals surface area (Å²) in [5, 5.41) is 6.28. The van der Waals surface area contributed by atoms with Gasteiger partial charge < -0.3 is 21.1 Å². The molecule has 5 aromatic rings. The van der Waals surface area contributed by atoms with Gasteiger partial charge in [0.1, 0.15) is 18.4 Å². The van der Waals surface area contributed by atoms with Gasteiger partial charge in [-0.1, -0.05) is 84.4 Å². The third-order valence-corrected chi connectivity index (χ3v) is 6.99. The van der Waals surface area contributed by atoms with E-state index < -0.39 is 23.8 Å². The number of rotatable bonds is 10. The number of ether oxygens (including phenoxy) is 1. The van der Waals surface area contributed by atoms with E-state index >= 15 is 0 Å². The molecule has 0 heterocycles. The highest BCUT2D eigenvalue weighted by Gasteiger charge is 2.24. The van der Waals surface area contributed by atoms with Gasteiger partial charge in [0.05, 0.1) is 0 Å². The van der Waals surface area contributed by atoms with Crippen LogP contribution in [0.1, 0.15) is 37.9 Å². The minimum Gasteiger partial charge on any atom is -0.489 e. The first kappa shape index (κ1) is 29.1. The molecule has 0 aromatic heterocycles. The molecule has 214 valence electrons. The maximum absolute atomic E-state index is 13.5. The van der Waals surface area contributed by atoms with Gasteiger partial charge in [-0.2, -0.15) is 0 Å². The Morgan fingerprint density at radius 3 is 2.02 bits per heavy atom. The van der Waals surface area contributed by atoms with E-state index in [-0.39, 0.29) is 5.56 Å². The quantitative estimate of drug-likeness (QED) is 0.166. The van der Waals surface area contributed by atoms with E-state index in [2.05, 4.69) is 10.6 Å². The maximum Gasteiger partial charge on any atom is 0.252 e. The lowest BCUT2D eigenvalue weighted by molar-refractivity contribution is -0.118. The van der Waals surface area contributed by atoms with Crippen molar-refractivity contribution < 1.29 is 19.1 Å². The second kappa shape index (κ2) is 13.5. The minimum absolute atomic E-state index is 0.249. The van der Waals surface area contributed by atoms with Crippen molar-refractivity contribution >= 4 is 35.0 Å². The molecule has 5 rings (SSSR count). The fraction of sp³-hybridized carbons (Fsp3) is 0.0571. The molecule has 8 heteroatoms. The second-order valence-corrected chi connectivity index (χ2v) is 10.2. The molecule has 0 aliphatic rings. The van der Waals surface area contributed by atoms with Crippen molar-refractivity contribution in [3.63, 3.8) is 0 Å². The van der Waals surface area contributed by atoms with Gasteiger partial charge in [-0.25, -0.2) is 0 Å². The Balaban J connectivity index is 1.35. The van der Waals surface area contributed by atoms with Crippen LogP contribution in [0.15, 0.2) is 127 Å². The third-order valence-electron chi connectivity index (χ3n) is 6.74. The predicted molar refractivity (Wildman–Crippen MR) is 168 cm³/mol. The molecule has 0 aliphatic carbocycles. The summed E-state index contributed by atoms with van der Waals surface area (Å²) in [6.45, 7) is 0.392. The van der Waals surface area contributed by atoms with Gasteiger partial charge in [-0.3, -0.25) is 14.4 Å². The average molecular weight is 590 g/mol. The smallest absolute Gasteiger partial charge is 0.252 e. The normalized spacial score (nSPS) is 11.3. The molecule has 1 atom stereocenters. The zero-order valence-corrected chi connectivity index (χ0v) is 23.8. The van der Waals surface area contributed by atoms with Crippen LogP contribution in [0.4, 0.5) is 5.69 Å². The van der Waals surface area contributed by atoms with Crippen LogP contribution in [0, 0.1) is 0 Å². The molecule has 0 radical (unpaired) electrons. The molecule has 0 saturated carbocycles. The number of carbonyl (C=O) groups excluding carboxylic acids is 3. The summed E-state index contributed by atoms with van der Waals surface area (Å²) in [6.07, 6.45) is 0. The number of hydrogen-bond acceptors (Lipinski definition) is 4. The van der Waals surface area contributed by atoms with Gasteiger partial charge in [0.15, 0.2) is 0 Å². The van der Waals surface area contributed by atoms with E-state index in [1.54, 1.807) is 66.7 Å². The molecule has 0 aliphatic heterocycles. The Bertz CT molecular complexity index is 1720. The molecule has 0 fully saturated rings. The summed E-state index contributed by atoms with van der Waals surface area (Å²) in [5.41, 5.74) is 9.85. The van der Waals surface area contributed by atoms with Gasteiger partial charge in [-0.15, -0.1) is 0 Å². The van der Waals surface area contributed by atoms with E-state index in [9.17, 15) is 14.4 Å². The molecule has 4 N–H and O–H groups in total. The van der Waals surface area contributed by atoms with Crippen LogP contribution in [0.3, 0.4) is 0 Å². The van der Waals surface area contributed by atoms with Gasteiger partial charge in [-0.05, 0) is 76.9 Å². The van der Waals surface area contributed by atoms with Crippen LogP contribution in [-0.4, -0.2) is 17.7 Å². The van der Waals surface area contributed by atoms with Gasteiger partial charge in [0, 0.05) is 21.8 Å². The summed E-state index contributed by atoms with van der Waals surface area (Å²) in [7, 11) is 0. The van der Waals surface area contributed by atoms with Crippen molar-refractivity contribution in [3.8, 4) is 16.9 Å². The van der Waals surface area contributed by atoms with Crippen LogP contribution >= 0.6 is 11.6 Å². The van der Waals surface area contributed by atoms with E-state index in [0.717, 1.165) is 16.7 Å². The number of nitrogens with one attached hydrogen (secondary N) is 2. The molecule has 7 nitrogen and oxygen atoms in total. The second-order valence-electron chi connectivity index (χ2n) is 9.77. The molecule has 0 bridgehead atoms. The van der Waals surface area contributed by atoms with E-state index in [4.69, 9.17) is 22.1 Å². The van der Waals surface area contributed by atoms with Crippen LogP contribution in [-0.2, 0) is 11.4 Å². The van der Waals surface area contributed by atoms with Crippen LogP contribution in [0.25, 0.3) is 11.1 Å². The lowest BCUT2D eigenvalue weighted by Crippen LogP contribution is -2.37. The topological polar surface area (TPSA) is 111 Å². The number of amides is 3. The number of halogens is 1. The highest BCUT2D eigenvalue weighted by atomic mass is 35.5. The van der Waals surface area contributed by atoms with E-state index in [1.807, 2.05) is 54.6 Å². The lowest BCUT2D eigenvalue weighted by Gasteiger charge is -2.20. The third kappa shape index (κ3) is 7.67. The molecule has 3 amide bonds. The minimum atomic E-state index is -1.05. The summed E-state index contributed by atoms with van der Waals surface area (Å²) in [6, 6.07) is 36.4. The zero-order valence-electron chi connectivity index (χ0n) is 23.0. The number of nitrogens with two attached hydrogens (primary N) is 1. The Kier molecular flexibility index (Phi) is 9.14. The van der Waals surface area contributed by atoms with Crippen molar-refractivity contribution in [2.45, 2.75) is 12.6 Å². The van der Waals surface area contributed by atoms with E-state index in [1.165, 1.54) is 6.07 Å². The first-order valence-corrected chi connectivity index (χ1v) is 13.9. The fourth-order valence-electron chi connectivity index (χ4n) is 4.43. The summed E-state index contributed by atoms with van der Waals surface area (Å²) in [5.74, 6) is -0.928. The van der Waals surface area contributed by atoms with Gasteiger partial charge >= 0.3 is 0 Å². The largest absolute Gasteiger partial charge is 0.489 e. The highest BCUT2D eigenvalue weighted by Crippen LogP contribution is 2.24. The molecule has 43 heavy (non-hydrogen) atoms. The molecule has 0 spiro atoms. The van der Waals surface area contributed by atoms with Crippen molar-refractivity contribution in [3.05, 3.63) is 155 Å². The number of hydrogen-bond donors (Lipinski definition) is 3. The van der Waals surface area contributed by atoms with E-state index in [0.29, 0.717) is 34.2 Å². The predicted octanol–water partition coefficient (Wildman–Crippen LogP) is 6.79. The van der Waals surface area contributed by atoms with Crippen molar-refractivity contribution in [2.24, 2.45) is 5.73 Å². The van der Waals surface area contributed by atoms with Gasteiger partial charge in [0.25, 0.3) is 11.8 Å². The summed E-state index contributed by atoms with van der Waals surface area (Å²) < 4.78 is 5.88. The fourth-order valence-corrected chi connectivity index (χ4v) is 4.56. The average Bonchev–Trinajstić information content (AvgIpc) is 3.04. The Morgan fingerprint density at radius 1 is 0.721 bits per heavy atom. The maximum atomic E-state index is 13.5. The number of benzene rings is 5. The summed E-state index contributed by atoms with van der Waals surface area (Å²) in [4.78, 5) is 38.5. The first-order valence-electron chi connectivity index (χ1n) is 13.5.